The molecule has 1 aliphatic heterocycles. The summed E-state index contributed by atoms with van der Waals surface area (Å²) < 4.78 is 5.11. The van der Waals surface area contributed by atoms with Gasteiger partial charge in [-0.3, -0.25) is 0 Å². The summed E-state index contributed by atoms with van der Waals surface area (Å²) in [5, 5.41) is 0. The van der Waals surface area contributed by atoms with Gasteiger partial charge in [0.2, 0.25) is 0 Å². The molecule has 0 aromatic heterocycles. The first kappa shape index (κ1) is 12.7. The van der Waals surface area contributed by atoms with Crippen LogP contribution in [0.3, 0.4) is 0 Å². The van der Waals surface area contributed by atoms with Crippen LogP contribution in [0.1, 0.15) is 25.7 Å². The van der Waals surface area contributed by atoms with E-state index in [1.165, 1.54) is 12.5 Å². The second-order valence-electron chi connectivity index (χ2n) is 4.43. The van der Waals surface area contributed by atoms with Gasteiger partial charge in [0.25, 0.3) is 0 Å². The van der Waals surface area contributed by atoms with Crippen LogP contribution in [0.15, 0.2) is 42.6 Å². The largest absolute Gasteiger partial charge is 0.462 e. The van der Waals surface area contributed by atoms with Gasteiger partial charge in [-0.2, -0.15) is 0 Å². The van der Waals surface area contributed by atoms with Crippen LogP contribution in [0, 0.1) is 0 Å². The summed E-state index contributed by atoms with van der Waals surface area (Å²) in [6.45, 7) is 1.47. The fraction of sp³-hybridized carbons (Fsp3) is 0.400. The van der Waals surface area contributed by atoms with Crippen molar-refractivity contribution >= 4 is 11.7 Å². The van der Waals surface area contributed by atoms with E-state index in [9.17, 15) is 4.79 Å². The lowest BCUT2D eigenvalue weighted by Gasteiger charge is -2.20. The standard InChI is InChI=1S/C15H19NO2/c17-15-10-12-16(14-8-4-3-5-9-14)11-6-1-2-7-13-18-15/h3-5,8-10,12H,1-2,6-7,11,13H2/b12-10-. The van der Waals surface area contributed by atoms with Gasteiger partial charge in [0.15, 0.2) is 0 Å². The third-order valence-corrected chi connectivity index (χ3v) is 3.02. The zero-order chi connectivity index (χ0) is 12.6. The van der Waals surface area contributed by atoms with Gasteiger partial charge in [-0.05, 0) is 31.4 Å². The first-order valence-electron chi connectivity index (χ1n) is 6.53. The maximum Gasteiger partial charge on any atom is 0.332 e. The van der Waals surface area contributed by atoms with Gasteiger partial charge in [0.05, 0.1) is 6.61 Å². The zero-order valence-corrected chi connectivity index (χ0v) is 10.5. The summed E-state index contributed by atoms with van der Waals surface area (Å²) in [5.41, 5.74) is 1.11. The molecule has 0 saturated carbocycles. The molecule has 0 spiro atoms. The Morgan fingerprint density at radius 2 is 1.78 bits per heavy atom. The molecule has 0 amide bonds. The normalized spacial score (nSPS) is 19.8. The van der Waals surface area contributed by atoms with Crippen LogP contribution in [-0.2, 0) is 9.53 Å². The lowest BCUT2D eigenvalue weighted by atomic mass is 10.2. The Morgan fingerprint density at radius 1 is 1.00 bits per heavy atom. The highest BCUT2D eigenvalue weighted by Gasteiger charge is 2.05. The van der Waals surface area contributed by atoms with E-state index < -0.39 is 0 Å². The molecule has 0 bridgehead atoms. The highest BCUT2D eigenvalue weighted by atomic mass is 16.5. The molecule has 1 aliphatic rings. The Hall–Kier alpha value is -1.77. The maximum absolute atomic E-state index is 11.5. The SMILES string of the molecule is O=C1/C=C\N(c2ccccc2)CCCCCCO1. The highest BCUT2D eigenvalue weighted by Crippen LogP contribution is 2.15. The van der Waals surface area contributed by atoms with E-state index in [4.69, 9.17) is 4.74 Å². The molecule has 0 N–H and O–H groups in total. The van der Waals surface area contributed by atoms with Gasteiger partial charge in [-0.15, -0.1) is 0 Å². The molecule has 0 aliphatic carbocycles. The van der Waals surface area contributed by atoms with Crippen LogP contribution in [-0.4, -0.2) is 19.1 Å². The molecule has 3 heteroatoms. The number of carbonyl (C=O) groups is 1. The van der Waals surface area contributed by atoms with Crippen molar-refractivity contribution in [2.45, 2.75) is 25.7 Å². The van der Waals surface area contributed by atoms with Gasteiger partial charge >= 0.3 is 5.97 Å². The summed E-state index contributed by atoms with van der Waals surface area (Å²) in [5.74, 6) is -0.252. The Morgan fingerprint density at radius 3 is 2.61 bits per heavy atom. The van der Waals surface area contributed by atoms with Crippen molar-refractivity contribution in [3.63, 3.8) is 0 Å². The van der Waals surface area contributed by atoms with Crippen LogP contribution in [0.2, 0.25) is 0 Å². The minimum atomic E-state index is -0.252. The van der Waals surface area contributed by atoms with E-state index in [1.54, 1.807) is 0 Å². The molecule has 1 aromatic rings. The first-order chi connectivity index (χ1) is 8.86. The summed E-state index contributed by atoms with van der Waals surface area (Å²) in [6, 6.07) is 10.1. The van der Waals surface area contributed by atoms with Crippen LogP contribution < -0.4 is 4.90 Å². The fourth-order valence-electron chi connectivity index (χ4n) is 2.02. The molecule has 0 radical (unpaired) electrons. The number of esters is 1. The van der Waals surface area contributed by atoms with E-state index in [-0.39, 0.29) is 5.97 Å². The minimum Gasteiger partial charge on any atom is -0.462 e. The molecule has 1 heterocycles. The van der Waals surface area contributed by atoms with E-state index in [2.05, 4.69) is 17.0 Å². The van der Waals surface area contributed by atoms with Crippen molar-refractivity contribution in [1.82, 2.24) is 0 Å². The van der Waals surface area contributed by atoms with E-state index >= 15 is 0 Å². The first-order valence-corrected chi connectivity index (χ1v) is 6.53. The van der Waals surface area contributed by atoms with Gasteiger partial charge in [-0.25, -0.2) is 4.79 Å². The number of benzene rings is 1. The van der Waals surface area contributed by atoms with Crippen LogP contribution in [0.25, 0.3) is 0 Å². The average molecular weight is 245 g/mol. The van der Waals surface area contributed by atoms with Crippen LogP contribution >= 0.6 is 0 Å². The second kappa shape index (κ2) is 6.84. The minimum absolute atomic E-state index is 0.252. The maximum atomic E-state index is 11.5. The van der Waals surface area contributed by atoms with E-state index in [0.717, 1.165) is 31.5 Å². The summed E-state index contributed by atoms with van der Waals surface area (Å²) >= 11 is 0. The molecular formula is C15H19NO2. The van der Waals surface area contributed by atoms with Crippen molar-refractivity contribution in [2.24, 2.45) is 0 Å². The Bertz CT molecular complexity index is 400. The number of ether oxygens (including phenoxy) is 1. The number of rotatable bonds is 1. The van der Waals surface area contributed by atoms with E-state index in [0.29, 0.717) is 6.61 Å². The predicted molar refractivity (Wildman–Crippen MR) is 72.4 cm³/mol. The quantitative estimate of drug-likeness (QED) is 0.712. The van der Waals surface area contributed by atoms with Crippen molar-refractivity contribution in [3.8, 4) is 0 Å². The Labute approximate surface area is 108 Å². The molecule has 1 aromatic carbocycles. The van der Waals surface area contributed by atoms with Gasteiger partial charge in [-0.1, -0.05) is 24.6 Å². The summed E-state index contributed by atoms with van der Waals surface area (Å²) in [7, 11) is 0. The molecule has 18 heavy (non-hydrogen) atoms. The van der Waals surface area contributed by atoms with Crippen molar-refractivity contribution in [3.05, 3.63) is 42.6 Å². The lowest BCUT2D eigenvalue weighted by Crippen LogP contribution is -2.17. The zero-order valence-electron chi connectivity index (χ0n) is 10.5. The van der Waals surface area contributed by atoms with Crippen LogP contribution in [0.4, 0.5) is 5.69 Å². The molecule has 2 rings (SSSR count). The number of anilines is 1. The van der Waals surface area contributed by atoms with Gasteiger partial charge < -0.3 is 9.64 Å². The Kier molecular flexibility index (Phi) is 4.82. The summed E-state index contributed by atoms with van der Waals surface area (Å²) in [4.78, 5) is 13.6. The molecule has 96 valence electrons. The molecule has 0 unspecified atom stereocenters. The number of para-hydroxylation sites is 1. The second-order valence-corrected chi connectivity index (χ2v) is 4.43. The summed E-state index contributed by atoms with van der Waals surface area (Å²) in [6.07, 6.45) is 7.73. The van der Waals surface area contributed by atoms with Crippen molar-refractivity contribution < 1.29 is 9.53 Å². The number of cyclic esters (lactones) is 1. The highest BCUT2D eigenvalue weighted by molar-refractivity contribution is 5.82. The Balaban J connectivity index is 2.09. The lowest BCUT2D eigenvalue weighted by molar-refractivity contribution is -0.137. The number of nitrogens with zero attached hydrogens (tertiary/aromatic N) is 1. The predicted octanol–water partition coefficient (Wildman–Crippen LogP) is 3.12. The number of hydrogen-bond acceptors (Lipinski definition) is 3. The molecule has 0 atom stereocenters. The van der Waals surface area contributed by atoms with Gasteiger partial charge in [0, 0.05) is 24.5 Å². The van der Waals surface area contributed by atoms with Gasteiger partial charge in [0.1, 0.15) is 0 Å². The molecule has 0 saturated heterocycles. The van der Waals surface area contributed by atoms with Crippen molar-refractivity contribution in [2.75, 3.05) is 18.1 Å². The third-order valence-electron chi connectivity index (χ3n) is 3.02. The number of hydrogen-bond donors (Lipinski definition) is 0. The monoisotopic (exact) mass is 245 g/mol. The smallest absolute Gasteiger partial charge is 0.332 e. The molecule has 0 fully saturated rings. The van der Waals surface area contributed by atoms with Crippen molar-refractivity contribution in [1.29, 1.82) is 0 Å². The molecule has 3 nitrogen and oxygen atoms in total. The van der Waals surface area contributed by atoms with E-state index in [1.807, 2.05) is 24.4 Å². The number of carbonyl (C=O) groups excluding carboxylic acids is 1. The third kappa shape index (κ3) is 3.91. The fourth-order valence-corrected chi connectivity index (χ4v) is 2.02. The topological polar surface area (TPSA) is 29.5 Å². The van der Waals surface area contributed by atoms with Crippen LogP contribution in [0.5, 0.6) is 0 Å². The molecular weight excluding hydrogens is 226 g/mol. The average Bonchev–Trinajstić information content (AvgIpc) is 2.45.